The van der Waals surface area contributed by atoms with E-state index in [-0.39, 0.29) is 22.4 Å². The summed E-state index contributed by atoms with van der Waals surface area (Å²) < 4.78 is 47.2. The Bertz CT molecular complexity index is 690. The van der Waals surface area contributed by atoms with Crippen LogP contribution in [0.4, 0.5) is 0 Å². The molecule has 9 heteroatoms. The van der Waals surface area contributed by atoms with Crippen molar-refractivity contribution in [3.05, 3.63) is 11.4 Å². The summed E-state index contributed by atoms with van der Waals surface area (Å²) in [7, 11) is -1.56. The highest BCUT2D eigenvalue weighted by atomic mass is 35.7. The van der Waals surface area contributed by atoms with Crippen LogP contribution in [-0.4, -0.2) is 38.1 Å². The molecule has 0 saturated carbocycles. The summed E-state index contributed by atoms with van der Waals surface area (Å²) in [4.78, 5) is -0.0199. The molecular weight excluding hydrogens is 300 g/mol. The first-order chi connectivity index (χ1) is 8.12. The first-order valence-corrected chi connectivity index (χ1v) is 9.46. The number of aryl methyl sites for hydroxylation is 1. The van der Waals surface area contributed by atoms with Gasteiger partial charge in [-0.05, 0) is 20.3 Å². The highest BCUT2D eigenvalue weighted by Crippen LogP contribution is 2.29. The lowest BCUT2D eigenvalue weighted by molar-refractivity contribution is 0.484. The molecule has 0 spiro atoms. The van der Waals surface area contributed by atoms with Crippen molar-refractivity contribution in [2.75, 3.05) is 11.5 Å². The van der Waals surface area contributed by atoms with Gasteiger partial charge in [-0.15, -0.1) is 0 Å². The van der Waals surface area contributed by atoms with Crippen LogP contribution in [-0.2, 0) is 18.9 Å². The standard InChI is InChI=1S/C9H13ClN2O4S2/c1-6-9(18(10,15)16)7(2)12(11-6)8-3-4-17(13,14)5-8/h8H,3-5H2,1-2H3. The van der Waals surface area contributed by atoms with Crippen molar-refractivity contribution in [1.82, 2.24) is 9.78 Å². The minimum Gasteiger partial charge on any atom is -0.264 e. The van der Waals surface area contributed by atoms with Gasteiger partial charge in [-0.25, -0.2) is 16.8 Å². The molecule has 6 nitrogen and oxygen atoms in total. The zero-order chi connectivity index (χ0) is 13.7. The van der Waals surface area contributed by atoms with Crippen molar-refractivity contribution in [2.45, 2.75) is 31.2 Å². The third-order valence-corrected chi connectivity index (χ3v) is 6.35. The minimum absolute atomic E-state index is 0.00324. The monoisotopic (exact) mass is 312 g/mol. The molecule has 1 unspecified atom stereocenters. The number of nitrogens with zero attached hydrogens (tertiary/aromatic N) is 2. The average Bonchev–Trinajstić information content (AvgIpc) is 2.65. The van der Waals surface area contributed by atoms with E-state index in [4.69, 9.17) is 10.7 Å². The summed E-state index contributed by atoms with van der Waals surface area (Å²) in [5.74, 6) is 0.107. The molecule has 2 rings (SSSR count). The smallest absolute Gasteiger partial charge is 0.264 e. The lowest BCUT2D eigenvalue weighted by Crippen LogP contribution is -2.14. The summed E-state index contributed by atoms with van der Waals surface area (Å²) in [5, 5.41) is 4.11. The summed E-state index contributed by atoms with van der Waals surface area (Å²) in [6.07, 6.45) is 0.450. The van der Waals surface area contributed by atoms with Crippen molar-refractivity contribution in [1.29, 1.82) is 0 Å². The lowest BCUT2D eigenvalue weighted by atomic mass is 10.2. The molecule has 1 atom stereocenters. The average molecular weight is 313 g/mol. The zero-order valence-electron chi connectivity index (χ0n) is 9.92. The van der Waals surface area contributed by atoms with Gasteiger partial charge in [-0.1, -0.05) is 0 Å². The molecule has 1 aromatic rings. The fourth-order valence-electron chi connectivity index (χ4n) is 2.32. The molecule has 2 heterocycles. The van der Waals surface area contributed by atoms with Crippen LogP contribution in [0.2, 0.25) is 0 Å². The maximum atomic E-state index is 11.4. The third-order valence-electron chi connectivity index (χ3n) is 3.06. The Hall–Kier alpha value is -0.600. The minimum atomic E-state index is -3.86. The number of halogens is 1. The molecular formula is C9H13ClN2O4S2. The topological polar surface area (TPSA) is 86.1 Å². The third kappa shape index (κ3) is 2.41. The van der Waals surface area contributed by atoms with Crippen LogP contribution < -0.4 is 0 Å². The van der Waals surface area contributed by atoms with E-state index in [1.165, 1.54) is 4.68 Å². The van der Waals surface area contributed by atoms with Crippen molar-refractivity contribution in [2.24, 2.45) is 0 Å². The van der Waals surface area contributed by atoms with Gasteiger partial charge in [0.25, 0.3) is 9.05 Å². The van der Waals surface area contributed by atoms with Gasteiger partial charge in [0.15, 0.2) is 9.84 Å². The molecule has 1 saturated heterocycles. The number of rotatable bonds is 2. The van der Waals surface area contributed by atoms with Gasteiger partial charge < -0.3 is 0 Å². The summed E-state index contributed by atoms with van der Waals surface area (Å²) in [5.41, 5.74) is 0.691. The van der Waals surface area contributed by atoms with E-state index in [9.17, 15) is 16.8 Å². The predicted molar refractivity (Wildman–Crippen MR) is 67.0 cm³/mol. The van der Waals surface area contributed by atoms with Crippen molar-refractivity contribution in [3.63, 3.8) is 0 Å². The first kappa shape index (κ1) is 13.8. The Morgan fingerprint density at radius 1 is 1.39 bits per heavy atom. The van der Waals surface area contributed by atoms with E-state index in [1.54, 1.807) is 13.8 Å². The van der Waals surface area contributed by atoms with Crippen LogP contribution in [0.3, 0.4) is 0 Å². The van der Waals surface area contributed by atoms with Gasteiger partial charge >= 0.3 is 0 Å². The quantitative estimate of drug-likeness (QED) is 0.753. The van der Waals surface area contributed by atoms with Crippen LogP contribution in [0.1, 0.15) is 23.9 Å². The van der Waals surface area contributed by atoms with Crippen molar-refractivity contribution in [3.8, 4) is 0 Å². The van der Waals surface area contributed by atoms with Crippen LogP contribution in [0.5, 0.6) is 0 Å². The van der Waals surface area contributed by atoms with E-state index in [0.29, 0.717) is 17.8 Å². The number of sulfone groups is 1. The Balaban J connectivity index is 2.50. The van der Waals surface area contributed by atoms with Gasteiger partial charge in [-0.2, -0.15) is 5.10 Å². The largest absolute Gasteiger partial charge is 0.264 e. The Morgan fingerprint density at radius 2 is 2.00 bits per heavy atom. The van der Waals surface area contributed by atoms with Crippen molar-refractivity contribution >= 4 is 29.6 Å². The second-order valence-corrected chi connectivity index (χ2v) is 9.17. The maximum absolute atomic E-state index is 11.4. The Labute approximate surface area is 110 Å². The van der Waals surface area contributed by atoms with E-state index >= 15 is 0 Å². The van der Waals surface area contributed by atoms with Gasteiger partial charge in [0.1, 0.15) is 4.90 Å². The van der Waals surface area contributed by atoms with E-state index in [0.717, 1.165) is 0 Å². The number of hydrogen-bond donors (Lipinski definition) is 0. The molecule has 0 aliphatic carbocycles. The molecule has 1 aliphatic rings. The lowest BCUT2D eigenvalue weighted by Gasteiger charge is -2.10. The molecule has 1 aliphatic heterocycles. The van der Waals surface area contributed by atoms with Gasteiger partial charge in [-0.3, -0.25) is 4.68 Å². The number of aromatic nitrogens is 2. The van der Waals surface area contributed by atoms with Crippen LogP contribution in [0, 0.1) is 13.8 Å². The van der Waals surface area contributed by atoms with Gasteiger partial charge in [0.05, 0.1) is 28.9 Å². The van der Waals surface area contributed by atoms with Gasteiger partial charge in [0, 0.05) is 10.7 Å². The first-order valence-electron chi connectivity index (χ1n) is 5.32. The molecule has 102 valence electrons. The van der Waals surface area contributed by atoms with Crippen LogP contribution in [0.25, 0.3) is 0 Å². The highest BCUT2D eigenvalue weighted by molar-refractivity contribution is 8.13. The van der Waals surface area contributed by atoms with E-state index in [2.05, 4.69) is 5.10 Å². The van der Waals surface area contributed by atoms with E-state index < -0.39 is 18.9 Å². The molecule has 1 fully saturated rings. The summed E-state index contributed by atoms with van der Waals surface area (Å²) >= 11 is 0. The number of hydrogen-bond acceptors (Lipinski definition) is 5. The van der Waals surface area contributed by atoms with E-state index in [1.807, 2.05) is 0 Å². The Morgan fingerprint density at radius 3 is 2.39 bits per heavy atom. The molecule has 0 N–H and O–H groups in total. The molecule has 0 bridgehead atoms. The summed E-state index contributed by atoms with van der Waals surface area (Å²) in [6, 6.07) is -0.305. The molecule has 0 aromatic carbocycles. The predicted octanol–water partition coefficient (Wildman–Crippen LogP) is 0.787. The zero-order valence-corrected chi connectivity index (χ0v) is 12.3. The van der Waals surface area contributed by atoms with Crippen LogP contribution >= 0.6 is 10.7 Å². The normalized spacial score (nSPS) is 23.4. The summed E-state index contributed by atoms with van der Waals surface area (Å²) in [6.45, 7) is 3.13. The SMILES string of the molecule is Cc1nn(C2CCS(=O)(=O)C2)c(C)c1S(=O)(=O)Cl. The maximum Gasteiger partial charge on any atom is 0.264 e. The second kappa shape index (κ2) is 4.21. The molecule has 0 radical (unpaired) electrons. The highest BCUT2D eigenvalue weighted by Gasteiger charge is 2.33. The molecule has 1 aromatic heterocycles. The second-order valence-electron chi connectivity index (χ2n) is 4.44. The van der Waals surface area contributed by atoms with Gasteiger partial charge in [0.2, 0.25) is 0 Å². The fourth-order valence-corrected chi connectivity index (χ4v) is 5.53. The Kier molecular flexibility index (Phi) is 3.23. The molecule has 18 heavy (non-hydrogen) atoms. The molecule has 0 amide bonds. The van der Waals surface area contributed by atoms with Crippen LogP contribution in [0.15, 0.2) is 4.90 Å². The van der Waals surface area contributed by atoms with Crippen molar-refractivity contribution < 1.29 is 16.8 Å². The fraction of sp³-hybridized carbons (Fsp3) is 0.667.